The Labute approximate surface area is 101 Å². The SMILES string of the molecule is COCCN(CCO)C(=O)CC(C)(C)C(=O)O. The van der Waals surface area contributed by atoms with Crippen LogP contribution >= 0.6 is 0 Å². The van der Waals surface area contributed by atoms with Crippen molar-refractivity contribution in [2.24, 2.45) is 5.41 Å². The normalized spacial score (nSPS) is 11.3. The molecule has 6 heteroatoms. The second-order valence-electron chi connectivity index (χ2n) is 4.46. The third kappa shape index (κ3) is 5.65. The number of carboxylic acids is 1. The lowest BCUT2D eigenvalue weighted by Gasteiger charge is -2.25. The van der Waals surface area contributed by atoms with Crippen LogP contribution in [0, 0.1) is 5.41 Å². The average molecular weight is 247 g/mol. The zero-order chi connectivity index (χ0) is 13.5. The zero-order valence-electron chi connectivity index (χ0n) is 10.6. The van der Waals surface area contributed by atoms with Crippen LogP contribution in [0.2, 0.25) is 0 Å². The summed E-state index contributed by atoms with van der Waals surface area (Å²) in [5, 5.41) is 17.8. The van der Waals surface area contributed by atoms with Crippen molar-refractivity contribution in [2.45, 2.75) is 20.3 Å². The van der Waals surface area contributed by atoms with E-state index in [1.165, 1.54) is 25.9 Å². The molecule has 0 unspecified atom stereocenters. The lowest BCUT2D eigenvalue weighted by Crippen LogP contribution is -2.40. The molecule has 0 aromatic carbocycles. The van der Waals surface area contributed by atoms with Crippen molar-refractivity contribution in [3.63, 3.8) is 0 Å². The molecule has 17 heavy (non-hydrogen) atoms. The maximum Gasteiger partial charge on any atom is 0.309 e. The Morgan fingerprint density at radius 3 is 2.29 bits per heavy atom. The van der Waals surface area contributed by atoms with Crippen molar-refractivity contribution in [3.05, 3.63) is 0 Å². The number of aliphatic hydroxyl groups excluding tert-OH is 1. The second kappa shape index (κ2) is 7.24. The first kappa shape index (κ1) is 15.9. The molecule has 0 saturated heterocycles. The van der Waals surface area contributed by atoms with Crippen LogP contribution in [0.1, 0.15) is 20.3 Å². The van der Waals surface area contributed by atoms with Crippen molar-refractivity contribution >= 4 is 11.9 Å². The fraction of sp³-hybridized carbons (Fsp3) is 0.818. The van der Waals surface area contributed by atoms with E-state index < -0.39 is 11.4 Å². The van der Waals surface area contributed by atoms with E-state index in [1.807, 2.05) is 0 Å². The summed E-state index contributed by atoms with van der Waals surface area (Å²) >= 11 is 0. The highest BCUT2D eigenvalue weighted by Crippen LogP contribution is 2.21. The number of ether oxygens (including phenoxy) is 1. The number of hydrogen-bond acceptors (Lipinski definition) is 4. The summed E-state index contributed by atoms with van der Waals surface area (Å²) in [7, 11) is 1.52. The van der Waals surface area contributed by atoms with Crippen LogP contribution in [0.3, 0.4) is 0 Å². The zero-order valence-corrected chi connectivity index (χ0v) is 10.6. The minimum Gasteiger partial charge on any atom is -0.481 e. The van der Waals surface area contributed by atoms with Gasteiger partial charge in [0.25, 0.3) is 0 Å². The van der Waals surface area contributed by atoms with Gasteiger partial charge in [0.1, 0.15) is 0 Å². The van der Waals surface area contributed by atoms with Crippen molar-refractivity contribution in [2.75, 3.05) is 33.4 Å². The van der Waals surface area contributed by atoms with E-state index in [0.29, 0.717) is 13.2 Å². The third-order valence-electron chi connectivity index (χ3n) is 2.46. The lowest BCUT2D eigenvalue weighted by molar-refractivity contribution is -0.151. The fourth-order valence-electron chi connectivity index (χ4n) is 1.25. The van der Waals surface area contributed by atoms with Gasteiger partial charge in [0.05, 0.1) is 18.6 Å². The van der Waals surface area contributed by atoms with Gasteiger partial charge in [0, 0.05) is 26.6 Å². The molecule has 1 amide bonds. The van der Waals surface area contributed by atoms with Crippen LogP contribution in [0.15, 0.2) is 0 Å². The van der Waals surface area contributed by atoms with E-state index in [-0.39, 0.29) is 25.5 Å². The smallest absolute Gasteiger partial charge is 0.309 e. The molecule has 0 aliphatic rings. The molecule has 0 bridgehead atoms. The summed E-state index contributed by atoms with van der Waals surface area (Å²) in [6.45, 7) is 3.76. The van der Waals surface area contributed by atoms with Gasteiger partial charge in [-0.1, -0.05) is 0 Å². The highest BCUT2D eigenvalue weighted by Gasteiger charge is 2.31. The predicted molar refractivity (Wildman–Crippen MR) is 61.6 cm³/mol. The molecule has 0 aliphatic heterocycles. The number of nitrogens with zero attached hydrogens (tertiary/aromatic N) is 1. The number of amides is 1. The number of carbonyl (C=O) groups is 2. The van der Waals surface area contributed by atoms with Gasteiger partial charge in [-0.15, -0.1) is 0 Å². The summed E-state index contributed by atoms with van der Waals surface area (Å²) in [5.74, 6) is -1.30. The van der Waals surface area contributed by atoms with E-state index >= 15 is 0 Å². The molecule has 0 aromatic heterocycles. The molecule has 0 saturated carbocycles. The summed E-state index contributed by atoms with van der Waals surface area (Å²) in [6.07, 6.45) is -0.0912. The van der Waals surface area contributed by atoms with E-state index in [1.54, 1.807) is 0 Å². The summed E-state index contributed by atoms with van der Waals surface area (Å²) in [5.41, 5.74) is -1.10. The lowest BCUT2D eigenvalue weighted by atomic mass is 9.89. The van der Waals surface area contributed by atoms with Gasteiger partial charge in [-0.05, 0) is 13.8 Å². The fourth-order valence-corrected chi connectivity index (χ4v) is 1.25. The van der Waals surface area contributed by atoms with Crippen LogP contribution in [0.4, 0.5) is 0 Å². The molecule has 0 aromatic rings. The van der Waals surface area contributed by atoms with Gasteiger partial charge in [-0.25, -0.2) is 0 Å². The standard InChI is InChI=1S/C11H21NO5/c1-11(2,10(15)16)8-9(14)12(4-6-13)5-7-17-3/h13H,4-8H2,1-3H3,(H,15,16). The molecule has 2 N–H and O–H groups in total. The monoisotopic (exact) mass is 247 g/mol. The molecule has 0 spiro atoms. The number of methoxy groups -OCH3 is 1. The third-order valence-corrected chi connectivity index (χ3v) is 2.46. The predicted octanol–water partition coefficient (Wildman–Crippen LogP) is -0.0454. The maximum absolute atomic E-state index is 11.9. The first-order valence-electron chi connectivity index (χ1n) is 5.46. The Morgan fingerprint density at radius 2 is 1.88 bits per heavy atom. The Hall–Kier alpha value is -1.14. The maximum atomic E-state index is 11.9. The Kier molecular flexibility index (Phi) is 6.75. The molecular weight excluding hydrogens is 226 g/mol. The van der Waals surface area contributed by atoms with Gasteiger partial charge in [0.15, 0.2) is 0 Å². The van der Waals surface area contributed by atoms with Crippen LogP contribution in [-0.2, 0) is 14.3 Å². The van der Waals surface area contributed by atoms with Crippen LogP contribution in [0.5, 0.6) is 0 Å². The van der Waals surface area contributed by atoms with Crippen molar-refractivity contribution in [3.8, 4) is 0 Å². The Bertz CT molecular complexity index is 265. The molecule has 6 nitrogen and oxygen atoms in total. The highest BCUT2D eigenvalue weighted by atomic mass is 16.5. The topological polar surface area (TPSA) is 87.1 Å². The van der Waals surface area contributed by atoms with Gasteiger partial charge in [0.2, 0.25) is 5.91 Å². The average Bonchev–Trinajstić information content (AvgIpc) is 2.23. The van der Waals surface area contributed by atoms with Crippen molar-refractivity contribution in [1.29, 1.82) is 0 Å². The van der Waals surface area contributed by atoms with E-state index in [4.69, 9.17) is 14.9 Å². The van der Waals surface area contributed by atoms with E-state index in [2.05, 4.69) is 0 Å². The first-order chi connectivity index (χ1) is 7.85. The minimum absolute atomic E-state index is 0.0912. The van der Waals surface area contributed by atoms with Crippen molar-refractivity contribution in [1.82, 2.24) is 4.90 Å². The highest BCUT2D eigenvalue weighted by molar-refractivity contribution is 5.84. The molecule has 0 rings (SSSR count). The van der Waals surface area contributed by atoms with E-state index in [0.717, 1.165) is 0 Å². The first-order valence-corrected chi connectivity index (χ1v) is 5.46. The number of rotatable bonds is 8. The van der Waals surface area contributed by atoms with Gasteiger partial charge in [-0.2, -0.15) is 0 Å². The summed E-state index contributed by atoms with van der Waals surface area (Å²) < 4.78 is 4.85. The summed E-state index contributed by atoms with van der Waals surface area (Å²) in [4.78, 5) is 24.2. The molecule has 100 valence electrons. The number of aliphatic hydroxyl groups is 1. The molecule has 0 radical (unpaired) electrons. The molecule has 0 aliphatic carbocycles. The molecule has 0 heterocycles. The van der Waals surface area contributed by atoms with Crippen LogP contribution in [-0.4, -0.2) is 60.4 Å². The molecule has 0 fully saturated rings. The summed E-state index contributed by atoms with van der Waals surface area (Å²) in [6, 6.07) is 0. The molecular formula is C11H21NO5. The number of carboxylic acid groups (broad SMARTS) is 1. The van der Waals surface area contributed by atoms with Gasteiger partial charge in [-0.3, -0.25) is 9.59 Å². The van der Waals surface area contributed by atoms with Crippen LogP contribution < -0.4 is 0 Å². The number of hydrogen-bond donors (Lipinski definition) is 2. The van der Waals surface area contributed by atoms with E-state index in [9.17, 15) is 9.59 Å². The van der Waals surface area contributed by atoms with Crippen molar-refractivity contribution < 1.29 is 24.5 Å². The quantitative estimate of drug-likeness (QED) is 0.628. The minimum atomic E-state index is -1.10. The van der Waals surface area contributed by atoms with Gasteiger partial charge < -0.3 is 19.8 Å². The number of carbonyl (C=O) groups excluding carboxylic acids is 1. The van der Waals surface area contributed by atoms with Gasteiger partial charge >= 0.3 is 5.97 Å². The Balaban J connectivity index is 4.45. The Morgan fingerprint density at radius 1 is 1.29 bits per heavy atom. The second-order valence-corrected chi connectivity index (χ2v) is 4.46. The molecule has 0 atom stereocenters. The number of aliphatic carboxylic acids is 1. The van der Waals surface area contributed by atoms with Crippen LogP contribution in [0.25, 0.3) is 0 Å². The largest absolute Gasteiger partial charge is 0.481 e.